The van der Waals surface area contributed by atoms with Crippen molar-refractivity contribution in [3.05, 3.63) is 0 Å². The summed E-state index contributed by atoms with van der Waals surface area (Å²) in [5.74, 6) is -0.397. The lowest BCUT2D eigenvalue weighted by atomic mass is 9.96. The summed E-state index contributed by atoms with van der Waals surface area (Å²) in [5.41, 5.74) is 0. The molecule has 1 fully saturated rings. The molecule has 0 spiro atoms. The summed E-state index contributed by atoms with van der Waals surface area (Å²) in [6, 6.07) is -0.0655. The van der Waals surface area contributed by atoms with Crippen LogP contribution >= 0.6 is 0 Å². The highest BCUT2D eigenvalue weighted by molar-refractivity contribution is 5.86. The summed E-state index contributed by atoms with van der Waals surface area (Å²) in [5, 5.41) is 2.71. The first-order valence-corrected chi connectivity index (χ1v) is 7.92. The maximum atomic E-state index is 12.6. The Morgan fingerprint density at radius 2 is 1.91 bits per heavy atom. The van der Waals surface area contributed by atoms with Crippen LogP contribution in [0.1, 0.15) is 26.7 Å². The minimum absolute atomic E-state index is 0.0370. The van der Waals surface area contributed by atoms with E-state index in [2.05, 4.69) is 5.32 Å². The molecule has 1 saturated heterocycles. The van der Waals surface area contributed by atoms with Gasteiger partial charge in [0, 0.05) is 40.3 Å². The molecule has 1 atom stereocenters. The van der Waals surface area contributed by atoms with Crippen LogP contribution in [0.3, 0.4) is 0 Å². The molecule has 0 aliphatic carbocycles. The van der Waals surface area contributed by atoms with Gasteiger partial charge in [-0.1, -0.05) is 0 Å². The number of nitrogens with zero attached hydrogens (tertiary/aromatic N) is 3. The third-order valence-corrected chi connectivity index (χ3v) is 3.83. The number of hydrogen-bond acceptors (Lipinski definition) is 3. The Balaban J connectivity index is 2.65. The Kier molecular flexibility index (Phi) is 7.14. The van der Waals surface area contributed by atoms with Gasteiger partial charge in [-0.15, -0.1) is 0 Å². The van der Waals surface area contributed by atoms with E-state index < -0.39 is 0 Å². The van der Waals surface area contributed by atoms with Crippen molar-refractivity contribution in [2.45, 2.75) is 26.7 Å². The topological polar surface area (TPSA) is 73.0 Å². The van der Waals surface area contributed by atoms with Crippen LogP contribution in [0.15, 0.2) is 0 Å². The lowest BCUT2D eigenvalue weighted by Crippen LogP contribution is -2.50. The Hall–Kier alpha value is -1.79. The molecular formula is C15H28N4O3. The van der Waals surface area contributed by atoms with Crippen LogP contribution in [0.4, 0.5) is 4.79 Å². The van der Waals surface area contributed by atoms with Crippen molar-refractivity contribution in [1.29, 1.82) is 0 Å². The van der Waals surface area contributed by atoms with Gasteiger partial charge in [0.15, 0.2) is 0 Å². The molecular weight excluding hydrogens is 284 g/mol. The van der Waals surface area contributed by atoms with Crippen LogP contribution in [0, 0.1) is 5.92 Å². The number of piperidine rings is 1. The van der Waals surface area contributed by atoms with Crippen molar-refractivity contribution >= 4 is 17.8 Å². The molecule has 1 heterocycles. The van der Waals surface area contributed by atoms with E-state index in [9.17, 15) is 14.4 Å². The predicted octanol–water partition coefficient (Wildman–Crippen LogP) is 0.365. The Morgan fingerprint density at radius 1 is 1.23 bits per heavy atom. The second-order valence-electron chi connectivity index (χ2n) is 5.77. The normalized spacial score (nSPS) is 17.8. The minimum atomic E-state index is -0.216. The zero-order valence-electron chi connectivity index (χ0n) is 14.1. The second-order valence-corrected chi connectivity index (χ2v) is 5.77. The monoisotopic (exact) mass is 312 g/mol. The molecule has 7 heteroatoms. The summed E-state index contributed by atoms with van der Waals surface area (Å²) >= 11 is 0. The first kappa shape index (κ1) is 18.3. The molecule has 0 aromatic rings. The number of carbonyl (C=O) groups excluding carboxylic acids is 3. The molecule has 0 aromatic carbocycles. The molecule has 1 aliphatic heterocycles. The van der Waals surface area contributed by atoms with Crippen LogP contribution in [-0.4, -0.2) is 79.4 Å². The number of urea groups is 1. The summed E-state index contributed by atoms with van der Waals surface area (Å²) < 4.78 is 0. The van der Waals surface area contributed by atoms with E-state index in [4.69, 9.17) is 0 Å². The molecule has 126 valence electrons. The lowest BCUT2D eigenvalue weighted by Gasteiger charge is -2.35. The van der Waals surface area contributed by atoms with Crippen molar-refractivity contribution in [3.63, 3.8) is 0 Å². The quantitative estimate of drug-likeness (QED) is 0.797. The zero-order valence-corrected chi connectivity index (χ0v) is 14.1. The molecule has 1 aliphatic rings. The summed E-state index contributed by atoms with van der Waals surface area (Å²) in [4.78, 5) is 41.1. The SMILES string of the molecule is CCNC(=O)CN(CC)C(=O)C1CCCN(C(=O)N(C)C)C1. The zero-order chi connectivity index (χ0) is 16.7. The van der Waals surface area contributed by atoms with Crippen molar-refractivity contribution in [2.24, 2.45) is 5.92 Å². The van der Waals surface area contributed by atoms with Gasteiger partial charge >= 0.3 is 6.03 Å². The molecule has 0 bridgehead atoms. The third kappa shape index (κ3) is 4.89. The molecule has 4 amide bonds. The van der Waals surface area contributed by atoms with Crippen molar-refractivity contribution in [1.82, 2.24) is 20.0 Å². The second kappa shape index (κ2) is 8.60. The summed E-state index contributed by atoms with van der Waals surface area (Å²) in [7, 11) is 3.42. The number of likely N-dealkylation sites (N-methyl/N-ethyl adjacent to an activating group) is 2. The number of rotatable bonds is 5. The van der Waals surface area contributed by atoms with Crippen LogP contribution in [-0.2, 0) is 9.59 Å². The number of hydrogen-bond donors (Lipinski definition) is 1. The van der Waals surface area contributed by atoms with Gasteiger partial charge in [-0.05, 0) is 26.7 Å². The highest BCUT2D eigenvalue weighted by Gasteiger charge is 2.31. The van der Waals surface area contributed by atoms with E-state index in [1.165, 1.54) is 4.90 Å². The average Bonchev–Trinajstić information content (AvgIpc) is 2.51. The Morgan fingerprint density at radius 3 is 2.45 bits per heavy atom. The van der Waals surface area contributed by atoms with E-state index in [1.807, 2.05) is 13.8 Å². The number of carbonyl (C=O) groups is 3. The molecule has 1 unspecified atom stereocenters. The van der Waals surface area contributed by atoms with Gasteiger partial charge in [0.25, 0.3) is 0 Å². The number of likely N-dealkylation sites (tertiary alicyclic amines) is 1. The van der Waals surface area contributed by atoms with Gasteiger partial charge in [0.2, 0.25) is 11.8 Å². The first-order chi connectivity index (χ1) is 10.4. The van der Waals surface area contributed by atoms with Crippen molar-refractivity contribution in [2.75, 3.05) is 46.8 Å². The van der Waals surface area contributed by atoms with E-state index in [0.29, 0.717) is 26.2 Å². The Bertz CT molecular complexity index is 412. The van der Waals surface area contributed by atoms with Gasteiger partial charge in [-0.25, -0.2) is 4.79 Å². The van der Waals surface area contributed by atoms with Crippen LogP contribution in [0.25, 0.3) is 0 Å². The molecule has 1 rings (SSSR count). The van der Waals surface area contributed by atoms with Gasteiger partial charge in [0.1, 0.15) is 0 Å². The molecule has 0 aromatic heterocycles. The highest BCUT2D eigenvalue weighted by Crippen LogP contribution is 2.19. The third-order valence-electron chi connectivity index (χ3n) is 3.83. The van der Waals surface area contributed by atoms with Gasteiger partial charge < -0.3 is 20.0 Å². The molecule has 0 saturated carbocycles. The van der Waals surface area contributed by atoms with E-state index >= 15 is 0 Å². The van der Waals surface area contributed by atoms with Crippen molar-refractivity contribution in [3.8, 4) is 0 Å². The highest BCUT2D eigenvalue weighted by atomic mass is 16.2. The van der Waals surface area contributed by atoms with Crippen LogP contribution < -0.4 is 5.32 Å². The van der Waals surface area contributed by atoms with E-state index in [0.717, 1.165) is 12.8 Å². The smallest absolute Gasteiger partial charge is 0.319 e. The molecule has 22 heavy (non-hydrogen) atoms. The van der Waals surface area contributed by atoms with E-state index in [1.54, 1.807) is 23.9 Å². The standard InChI is InChI=1S/C15H28N4O3/c1-5-16-13(20)11-18(6-2)14(21)12-8-7-9-19(10-12)15(22)17(3)4/h12H,5-11H2,1-4H3,(H,16,20). The van der Waals surface area contributed by atoms with E-state index in [-0.39, 0.29) is 30.3 Å². The fourth-order valence-corrected chi connectivity index (χ4v) is 2.67. The van der Waals surface area contributed by atoms with Crippen LogP contribution in [0.5, 0.6) is 0 Å². The van der Waals surface area contributed by atoms with Gasteiger partial charge in [-0.3, -0.25) is 9.59 Å². The summed E-state index contributed by atoms with van der Waals surface area (Å²) in [6.07, 6.45) is 1.58. The Labute approximate surface area is 132 Å². The van der Waals surface area contributed by atoms with Gasteiger partial charge in [-0.2, -0.15) is 0 Å². The molecule has 1 N–H and O–H groups in total. The minimum Gasteiger partial charge on any atom is -0.355 e. The summed E-state index contributed by atoms with van der Waals surface area (Å²) in [6.45, 7) is 5.96. The number of nitrogens with one attached hydrogen (secondary N) is 1. The maximum absolute atomic E-state index is 12.6. The average molecular weight is 312 g/mol. The maximum Gasteiger partial charge on any atom is 0.319 e. The lowest BCUT2D eigenvalue weighted by molar-refractivity contribution is -0.140. The van der Waals surface area contributed by atoms with Crippen molar-refractivity contribution < 1.29 is 14.4 Å². The largest absolute Gasteiger partial charge is 0.355 e. The fraction of sp³-hybridized carbons (Fsp3) is 0.800. The van der Waals surface area contributed by atoms with Gasteiger partial charge in [0.05, 0.1) is 12.5 Å². The van der Waals surface area contributed by atoms with Crippen LogP contribution in [0.2, 0.25) is 0 Å². The first-order valence-electron chi connectivity index (χ1n) is 7.92. The fourth-order valence-electron chi connectivity index (χ4n) is 2.67. The predicted molar refractivity (Wildman–Crippen MR) is 84.3 cm³/mol. The number of amides is 4. The molecule has 0 radical (unpaired) electrons. The molecule has 7 nitrogen and oxygen atoms in total.